The van der Waals surface area contributed by atoms with Gasteiger partial charge in [0.1, 0.15) is 0 Å². The molecule has 1 unspecified atom stereocenters. The molecule has 3 rings (SSSR count). The van der Waals surface area contributed by atoms with Crippen molar-refractivity contribution in [2.24, 2.45) is 0 Å². The van der Waals surface area contributed by atoms with Crippen LogP contribution in [-0.2, 0) is 0 Å². The average molecular weight is 319 g/mol. The van der Waals surface area contributed by atoms with Crippen LogP contribution in [0.1, 0.15) is 18.5 Å². The molecule has 0 aliphatic rings. The Morgan fingerprint density at radius 2 is 1.86 bits per heavy atom. The van der Waals surface area contributed by atoms with Crippen molar-refractivity contribution in [2.45, 2.75) is 13.0 Å². The van der Waals surface area contributed by atoms with Crippen LogP contribution in [0.3, 0.4) is 0 Å². The standard InChI is InChI=1S/C14H11ClN4O3/c1-8(9-2-4-10(15)5-3-9)16-11-6-7-12(19(20)21)14-13(11)17-22-18-14/h2-8,16H,1H3. The molecule has 7 nitrogen and oxygen atoms in total. The summed E-state index contributed by atoms with van der Waals surface area (Å²) in [4.78, 5) is 10.4. The number of rotatable bonds is 4. The van der Waals surface area contributed by atoms with Gasteiger partial charge in [0.25, 0.3) is 0 Å². The molecule has 8 heteroatoms. The number of nitro groups is 1. The van der Waals surface area contributed by atoms with Gasteiger partial charge in [-0.05, 0) is 41.0 Å². The Labute approximate surface area is 130 Å². The van der Waals surface area contributed by atoms with E-state index in [4.69, 9.17) is 11.6 Å². The second kappa shape index (κ2) is 5.61. The van der Waals surface area contributed by atoms with E-state index in [1.165, 1.54) is 6.07 Å². The van der Waals surface area contributed by atoms with E-state index in [9.17, 15) is 10.1 Å². The largest absolute Gasteiger partial charge is 0.377 e. The SMILES string of the molecule is CC(Nc1ccc([N+](=O)[O-])c2nonc12)c1ccc(Cl)cc1. The number of nitro benzene ring substituents is 1. The molecule has 0 aliphatic carbocycles. The number of benzene rings is 2. The third kappa shape index (κ3) is 2.58. The first-order valence-electron chi connectivity index (χ1n) is 6.48. The topological polar surface area (TPSA) is 94.1 Å². The number of aromatic nitrogens is 2. The maximum atomic E-state index is 11.0. The molecule has 3 aromatic rings. The monoisotopic (exact) mass is 318 g/mol. The number of halogens is 1. The predicted molar refractivity (Wildman–Crippen MR) is 81.9 cm³/mol. The van der Waals surface area contributed by atoms with Gasteiger partial charge in [-0.2, -0.15) is 0 Å². The number of hydrogen-bond acceptors (Lipinski definition) is 6. The van der Waals surface area contributed by atoms with Crippen LogP contribution in [0.25, 0.3) is 11.0 Å². The first-order chi connectivity index (χ1) is 10.6. The average Bonchev–Trinajstić information content (AvgIpc) is 2.97. The molecule has 1 heterocycles. The van der Waals surface area contributed by atoms with Crippen molar-refractivity contribution in [1.29, 1.82) is 0 Å². The molecule has 1 N–H and O–H groups in total. The van der Waals surface area contributed by atoms with E-state index in [0.717, 1.165) is 5.56 Å². The minimum Gasteiger partial charge on any atom is -0.377 e. The number of hydrogen-bond donors (Lipinski definition) is 1. The second-order valence-electron chi connectivity index (χ2n) is 4.77. The van der Waals surface area contributed by atoms with Crippen molar-refractivity contribution < 1.29 is 9.55 Å². The maximum Gasteiger partial charge on any atom is 0.300 e. The minimum absolute atomic E-state index is 0.0429. The molecule has 112 valence electrons. The fraction of sp³-hybridized carbons (Fsp3) is 0.143. The summed E-state index contributed by atoms with van der Waals surface area (Å²) in [7, 11) is 0. The first kappa shape index (κ1) is 14.3. The lowest BCUT2D eigenvalue weighted by molar-refractivity contribution is -0.383. The first-order valence-corrected chi connectivity index (χ1v) is 6.85. The Bertz CT molecular complexity index is 832. The Morgan fingerprint density at radius 3 is 2.55 bits per heavy atom. The van der Waals surface area contributed by atoms with Gasteiger partial charge < -0.3 is 5.32 Å². The fourth-order valence-corrected chi connectivity index (χ4v) is 2.31. The highest BCUT2D eigenvalue weighted by Gasteiger charge is 2.20. The second-order valence-corrected chi connectivity index (χ2v) is 5.20. The van der Waals surface area contributed by atoms with Gasteiger partial charge in [-0.25, -0.2) is 4.63 Å². The summed E-state index contributed by atoms with van der Waals surface area (Å²) in [6.45, 7) is 1.96. The molecule has 0 radical (unpaired) electrons. The molecule has 2 aromatic carbocycles. The zero-order chi connectivity index (χ0) is 15.7. The van der Waals surface area contributed by atoms with Gasteiger partial charge in [-0.1, -0.05) is 23.7 Å². The van der Waals surface area contributed by atoms with Crippen LogP contribution in [-0.4, -0.2) is 15.2 Å². The summed E-state index contributed by atoms with van der Waals surface area (Å²) in [5, 5.41) is 22.2. The van der Waals surface area contributed by atoms with Gasteiger partial charge in [0.2, 0.25) is 5.52 Å². The highest BCUT2D eigenvalue weighted by molar-refractivity contribution is 6.30. The van der Waals surface area contributed by atoms with Crippen LogP contribution in [0.2, 0.25) is 5.02 Å². The third-order valence-electron chi connectivity index (χ3n) is 3.33. The highest BCUT2D eigenvalue weighted by atomic mass is 35.5. The Hall–Kier alpha value is -2.67. The Kier molecular flexibility index (Phi) is 3.64. The summed E-state index contributed by atoms with van der Waals surface area (Å²) in [6, 6.07) is 10.4. The Balaban J connectivity index is 1.94. The van der Waals surface area contributed by atoms with E-state index in [1.807, 2.05) is 19.1 Å². The molecule has 0 saturated carbocycles. The molecule has 0 bridgehead atoms. The van der Waals surface area contributed by atoms with Crippen molar-refractivity contribution in [3.05, 3.63) is 57.1 Å². The third-order valence-corrected chi connectivity index (χ3v) is 3.58. The summed E-state index contributed by atoms with van der Waals surface area (Å²) >= 11 is 5.87. The van der Waals surface area contributed by atoms with Gasteiger partial charge in [0, 0.05) is 17.1 Å². The fourth-order valence-electron chi connectivity index (χ4n) is 2.19. The molecule has 0 aliphatic heterocycles. The van der Waals surface area contributed by atoms with Crippen LogP contribution in [0, 0.1) is 10.1 Å². The lowest BCUT2D eigenvalue weighted by atomic mass is 10.1. The van der Waals surface area contributed by atoms with Crippen molar-refractivity contribution in [3.8, 4) is 0 Å². The van der Waals surface area contributed by atoms with Crippen molar-refractivity contribution in [1.82, 2.24) is 10.3 Å². The van der Waals surface area contributed by atoms with Crippen molar-refractivity contribution >= 4 is 34.0 Å². The van der Waals surface area contributed by atoms with Crippen LogP contribution < -0.4 is 5.32 Å². The lowest BCUT2D eigenvalue weighted by Gasteiger charge is -2.15. The lowest BCUT2D eigenvalue weighted by Crippen LogP contribution is -2.07. The molecule has 1 atom stereocenters. The van der Waals surface area contributed by atoms with Gasteiger partial charge in [0.05, 0.1) is 10.6 Å². The summed E-state index contributed by atoms with van der Waals surface area (Å²) in [6.07, 6.45) is 0. The number of nitrogens with one attached hydrogen (secondary N) is 1. The van der Waals surface area contributed by atoms with Crippen LogP contribution in [0.4, 0.5) is 11.4 Å². The van der Waals surface area contributed by atoms with Crippen molar-refractivity contribution in [2.75, 3.05) is 5.32 Å². The molecule has 22 heavy (non-hydrogen) atoms. The normalized spacial score (nSPS) is 12.3. The van der Waals surface area contributed by atoms with E-state index >= 15 is 0 Å². The zero-order valence-corrected chi connectivity index (χ0v) is 12.2. The summed E-state index contributed by atoms with van der Waals surface area (Å²) in [5.74, 6) is 0. The van der Waals surface area contributed by atoms with Crippen LogP contribution in [0.15, 0.2) is 41.0 Å². The Morgan fingerprint density at radius 1 is 1.18 bits per heavy atom. The highest BCUT2D eigenvalue weighted by Crippen LogP contribution is 2.31. The molecule has 0 spiro atoms. The van der Waals surface area contributed by atoms with Gasteiger partial charge in [-0.15, -0.1) is 0 Å². The molecular formula is C14H11ClN4O3. The number of non-ortho nitro benzene ring substituents is 1. The van der Waals surface area contributed by atoms with Gasteiger partial charge >= 0.3 is 5.69 Å². The van der Waals surface area contributed by atoms with E-state index < -0.39 is 4.92 Å². The molecule has 0 fully saturated rings. The molecule has 1 aromatic heterocycles. The van der Waals surface area contributed by atoms with E-state index in [0.29, 0.717) is 16.2 Å². The van der Waals surface area contributed by atoms with Crippen LogP contribution in [0.5, 0.6) is 0 Å². The summed E-state index contributed by atoms with van der Waals surface area (Å²) in [5.41, 5.74) is 1.95. The van der Waals surface area contributed by atoms with E-state index in [2.05, 4.69) is 20.3 Å². The van der Waals surface area contributed by atoms with Gasteiger partial charge in [0.15, 0.2) is 5.52 Å². The molecule has 0 saturated heterocycles. The molecule has 0 amide bonds. The quantitative estimate of drug-likeness (QED) is 0.578. The number of nitrogens with zero attached hydrogens (tertiary/aromatic N) is 3. The number of fused-ring (bicyclic) bond motifs is 1. The van der Waals surface area contributed by atoms with Gasteiger partial charge in [-0.3, -0.25) is 10.1 Å². The zero-order valence-electron chi connectivity index (χ0n) is 11.5. The van der Waals surface area contributed by atoms with Crippen LogP contribution >= 0.6 is 11.6 Å². The summed E-state index contributed by atoms with van der Waals surface area (Å²) < 4.78 is 4.64. The molecular weight excluding hydrogens is 308 g/mol. The number of anilines is 1. The minimum atomic E-state index is -0.515. The van der Waals surface area contributed by atoms with E-state index in [-0.39, 0.29) is 17.2 Å². The van der Waals surface area contributed by atoms with E-state index in [1.54, 1.807) is 18.2 Å². The predicted octanol–water partition coefficient (Wildman–Crippen LogP) is 3.96. The smallest absolute Gasteiger partial charge is 0.300 e. The van der Waals surface area contributed by atoms with Crippen molar-refractivity contribution in [3.63, 3.8) is 0 Å². The maximum absolute atomic E-state index is 11.0.